The second-order valence-corrected chi connectivity index (χ2v) is 14.0. The molecule has 4 aliphatic carbocycles. The van der Waals surface area contributed by atoms with Gasteiger partial charge in [-0.2, -0.15) is 5.10 Å². The Morgan fingerprint density at radius 2 is 1.50 bits per heavy atom. The molecule has 3 saturated carbocycles. The highest BCUT2D eigenvalue weighted by molar-refractivity contribution is 6.44. The molecule has 236 valence electrons. The molecule has 1 aromatic rings. The zero-order valence-corrected chi connectivity index (χ0v) is 26.7. The molecule has 1 aliphatic heterocycles. The van der Waals surface area contributed by atoms with Crippen LogP contribution in [0.5, 0.6) is 0 Å². The Morgan fingerprint density at radius 1 is 0.909 bits per heavy atom. The van der Waals surface area contributed by atoms with Crippen molar-refractivity contribution in [1.29, 1.82) is 0 Å². The Morgan fingerprint density at radius 3 is 2.07 bits per heavy atom. The summed E-state index contributed by atoms with van der Waals surface area (Å²) in [5, 5.41) is 21.0. The number of amides is 2. The Bertz CT molecular complexity index is 1390. The quantitative estimate of drug-likeness (QED) is 0.308. The number of carbonyl (C=O) groups is 3. The van der Waals surface area contributed by atoms with E-state index in [1.165, 1.54) is 38.5 Å². The van der Waals surface area contributed by atoms with E-state index in [0.717, 1.165) is 57.1 Å². The van der Waals surface area contributed by atoms with Crippen LogP contribution in [0.4, 0.5) is 11.4 Å². The summed E-state index contributed by atoms with van der Waals surface area (Å²) in [6.45, 7) is 1.78. The molecule has 1 heterocycles. The minimum absolute atomic E-state index is 0.0391. The zero-order chi connectivity index (χ0) is 31.0. The number of nitrogens with zero attached hydrogens (tertiary/aromatic N) is 3. The topological polar surface area (TPSA) is 102 Å². The maximum absolute atomic E-state index is 14.1. The number of Topliss-reactive ketones (excluding diaryl/α,β-unsaturated/α-hetero) is 1. The number of carbonyl (C=O) groups excluding carboxylic acids is 3. The van der Waals surface area contributed by atoms with Gasteiger partial charge in [-0.3, -0.25) is 14.4 Å². The number of nitrogens with one attached hydrogen (secondary N) is 1. The number of anilines is 2. The van der Waals surface area contributed by atoms with Crippen molar-refractivity contribution in [3.63, 3.8) is 0 Å². The fourth-order valence-electron chi connectivity index (χ4n) is 8.45. The lowest BCUT2D eigenvalue weighted by atomic mass is 9.73. The van der Waals surface area contributed by atoms with Gasteiger partial charge in [-0.1, -0.05) is 51.4 Å². The molecule has 44 heavy (non-hydrogen) atoms. The van der Waals surface area contributed by atoms with Gasteiger partial charge >= 0.3 is 0 Å². The number of hydrogen-bond acceptors (Lipinski definition) is 6. The maximum atomic E-state index is 14.1. The van der Waals surface area contributed by atoms with Gasteiger partial charge in [-0.15, -0.1) is 0 Å². The van der Waals surface area contributed by atoms with Crippen molar-refractivity contribution < 1.29 is 19.5 Å². The second-order valence-electron chi connectivity index (χ2n) is 14.0. The van der Waals surface area contributed by atoms with Crippen molar-refractivity contribution in [2.24, 2.45) is 22.9 Å². The molecule has 0 aromatic heterocycles. The number of aliphatic hydroxyl groups is 1. The van der Waals surface area contributed by atoms with E-state index in [9.17, 15) is 19.5 Å². The highest BCUT2D eigenvalue weighted by atomic mass is 16.3. The van der Waals surface area contributed by atoms with E-state index in [1.54, 1.807) is 18.0 Å². The summed E-state index contributed by atoms with van der Waals surface area (Å²) < 4.78 is 0. The van der Waals surface area contributed by atoms with Gasteiger partial charge in [0.1, 0.15) is 5.76 Å². The van der Waals surface area contributed by atoms with Crippen LogP contribution < -0.4 is 10.2 Å². The molecule has 2 N–H and O–H groups in total. The van der Waals surface area contributed by atoms with Crippen molar-refractivity contribution in [1.82, 2.24) is 5.01 Å². The normalized spacial score (nSPS) is 23.9. The smallest absolute Gasteiger partial charge is 0.277 e. The van der Waals surface area contributed by atoms with Gasteiger partial charge in [0.05, 0.1) is 34.2 Å². The first-order valence-electron chi connectivity index (χ1n) is 17.0. The van der Waals surface area contributed by atoms with Crippen LogP contribution >= 0.6 is 0 Å². The van der Waals surface area contributed by atoms with E-state index < -0.39 is 0 Å². The number of rotatable bonds is 8. The van der Waals surface area contributed by atoms with E-state index in [-0.39, 0.29) is 46.1 Å². The van der Waals surface area contributed by atoms with Crippen molar-refractivity contribution in [3.05, 3.63) is 40.7 Å². The molecule has 1 aromatic carbocycles. The van der Waals surface area contributed by atoms with E-state index in [0.29, 0.717) is 41.1 Å². The standard InChI is InChI=1S/C36H48N4O4/c1-22-30(36(44)40(38-22)33(24-14-6-4-7-15-24)25-16-8-5-9-17-25)32-34(42)31(35(32)43)27-19-18-26(39(2)3)21-28(27)37-29(41)20-23-12-10-11-13-23/h18-19,21,23-25,33,42H,4-17,20H2,1-3H3,(H,37,41)/b32-30-. The molecule has 0 atom stereocenters. The van der Waals surface area contributed by atoms with Crippen molar-refractivity contribution in [2.45, 2.75) is 109 Å². The molecule has 8 heteroatoms. The van der Waals surface area contributed by atoms with Gasteiger partial charge in [0, 0.05) is 31.8 Å². The lowest BCUT2D eigenvalue weighted by molar-refractivity contribution is -0.131. The number of allylic oxidation sites excluding steroid dienone is 2. The minimum Gasteiger partial charge on any atom is -0.506 e. The number of benzene rings is 1. The van der Waals surface area contributed by atoms with Gasteiger partial charge in [-0.05, 0) is 81.4 Å². The first-order chi connectivity index (χ1) is 21.2. The Labute approximate surface area is 261 Å². The van der Waals surface area contributed by atoms with Gasteiger partial charge in [0.25, 0.3) is 5.91 Å². The SMILES string of the molecule is CC1=NN(C(C2CCCCC2)C2CCCCC2)C(=O)/C1=C1\C(=O)C(c2ccc(N(C)C)cc2NC(=O)CC2CCCC2)=C1O. The molecule has 0 radical (unpaired) electrons. The summed E-state index contributed by atoms with van der Waals surface area (Å²) in [6, 6.07) is 5.53. The first kappa shape index (κ1) is 30.6. The third-order valence-electron chi connectivity index (χ3n) is 10.8. The predicted octanol–water partition coefficient (Wildman–Crippen LogP) is 7.17. The lowest BCUT2D eigenvalue weighted by Gasteiger charge is -2.41. The van der Waals surface area contributed by atoms with Crippen LogP contribution in [0.15, 0.2) is 40.2 Å². The molecule has 8 nitrogen and oxygen atoms in total. The Balaban J connectivity index is 1.31. The van der Waals surface area contributed by atoms with Gasteiger partial charge in [0.2, 0.25) is 11.7 Å². The fraction of sp³-hybridized carbons (Fsp3) is 0.611. The summed E-state index contributed by atoms with van der Waals surface area (Å²) in [5.74, 6) is 0.308. The Hall–Kier alpha value is -3.42. The summed E-state index contributed by atoms with van der Waals surface area (Å²) in [4.78, 5) is 42.9. The van der Waals surface area contributed by atoms with Crippen molar-refractivity contribution in [3.8, 4) is 0 Å². The monoisotopic (exact) mass is 600 g/mol. The van der Waals surface area contributed by atoms with Crippen LogP contribution in [0.2, 0.25) is 0 Å². The number of hydrogen-bond donors (Lipinski definition) is 2. The molecule has 0 saturated heterocycles. The van der Waals surface area contributed by atoms with Crippen LogP contribution in [0.25, 0.3) is 5.57 Å². The van der Waals surface area contributed by atoms with Crippen LogP contribution in [-0.2, 0) is 14.4 Å². The molecule has 0 spiro atoms. The third kappa shape index (κ3) is 5.84. The number of hydrazone groups is 1. The van der Waals surface area contributed by atoms with Gasteiger partial charge in [-0.25, -0.2) is 5.01 Å². The summed E-state index contributed by atoms with van der Waals surface area (Å²) in [6.07, 6.45) is 16.6. The molecular weight excluding hydrogens is 552 g/mol. The van der Waals surface area contributed by atoms with E-state index >= 15 is 0 Å². The molecule has 0 unspecified atom stereocenters. The maximum Gasteiger partial charge on any atom is 0.277 e. The van der Waals surface area contributed by atoms with Gasteiger partial charge in [0.15, 0.2) is 0 Å². The number of aliphatic hydroxyl groups excluding tert-OH is 1. The lowest BCUT2D eigenvalue weighted by Crippen LogP contribution is -2.46. The molecule has 2 amide bonds. The average molecular weight is 601 g/mol. The molecule has 5 aliphatic rings. The van der Waals surface area contributed by atoms with E-state index in [2.05, 4.69) is 5.32 Å². The van der Waals surface area contributed by atoms with Crippen LogP contribution in [0.1, 0.15) is 109 Å². The second kappa shape index (κ2) is 12.9. The van der Waals surface area contributed by atoms with Crippen molar-refractivity contribution >= 4 is 40.3 Å². The summed E-state index contributed by atoms with van der Waals surface area (Å²) in [7, 11) is 3.83. The summed E-state index contributed by atoms with van der Waals surface area (Å²) in [5.41, 5.74) is 2.76. The fourth-order valence-corrected chi connectivity index (χ4v) is 8.45. The highest BCUT2D eigenvalue weighted by Crippen LogP contribution is 2.45. The third-order valence-corrected chi connectivity index (χ3v) is 10.8. The number of ketones is 1. The Kier molecular flexibility index (Phi) is 8.97. The van der Waals surface area contributed by atoms with Crippen LogP contribution in [-0.4, -0.2) is 53.6 Å². The zero-order valence-electron chi connectivity index (χ0n) is 26.7. The molecular formula is C36H48N4O4. The van der Waals surface area contributed by atoms with Gasteiger partial charge < -0.3 is 15.3 Å². The highest BCUT2D eigenvalue weighted by Gasteiger charge is 2.47. The minimum atomic E-state index is -0.377. The van der Waals surface area contributed by atoms with E-state index in [1.807, 2.05) is 31.1 Å². The molecule has 6 rings (SSSR count). The first-order valence-corrected chi connectivity index (χ1v) is 17.0. The average Bonchev–Trinajstić information content (AvgIpc) is 3.63. The van der Waals surface area contributed by atoms with E-state index in [4.69, 9.17) is 5.10 Å². The molecule has 0 bridgehead atoms. The van der Waals surface area contributed by atoms with Crippen molar-refractivity contribution in [2.75, 3.05) is 24.3 Å². The summed E-state index contributed by atoms with van der Waals surface area (Å²) >= 11 is 0. The predicted molar refractivity (Wildman–Crippen MR) is 174 cm³/mol. The van der Waals surface area contributed by atoms with Crippen LogP contribution in [0.3, 0.4) is 0 Å². The van der Waals surface area contributed by atoms with Crippen LogP contribution in [0, 0.1) is 17.8 Å². The molecule has 3 fully saturated rings. The largest absolute Gasteiger partial charge is 0.506 e.